The summed E-state index contributed by atoms with van der Waals surface area (Å²) in [6.45, 7) is 10.9. The second-order valence-electron chi connectivity index (χ2n) is 4.99. The molecule has 0 bridgehead atoms. The van der Waals surface area contributed by atoms with Gasteiger partial charge in [-0.1, -0.05) is 27.2 Å². The fourth-order valence-corrected chi connectivity index (χ4v) is 3.09. The smallest absolute Gasteiger partial charge is 0.0984 e. The SMILES string of the molecule is CCCNCc1c(C)nn(C)c1SCC(C)CC. The van der Waals surface area contributed by atoms with E-state index in [0.29, 0.717) is 0 Å². The van der Waals surface area contributed by atoms with Crippen molar-refractivity contribution in [2.24, 2.45) is 13.0 Å². The Morgan fingerprint density at radius 2 is 2.11 bits per heavy atom. The maximum absolute atomic E-state index is 4.55. The van der Waals surface area contributed by atoms with Gasteiger partial charge in [0.2, 0.25) is 0 Å². The molecular weight excluding hydrogens is 242 g/mol. The molecule has 18 heavy (non-hydrogen) atoms. The van der Waals surface area contributed by atoms with Crippen molar-refractivity contribution in [3.8, 4) is 0 Å². The summed E-state index contributed by atoms with van der Waals surface area (Å²) in [5.41, 5.74) is 2.53. The van der Waals surface area contributed by atoms with Gasteiger partial charge in [-0.3, -0.25) is 4.68 Å². The van der Waals surface area contributed by atoms with Crippen molar-refractivity contribution in [2.75, 3.05) is 12.3 Å². The van der Waals surface area contributed by atoms with E-state index >= 15 is 0 Å². The minimum atomic E-state index is 0.765. The Morgan fingerprint density at radius 1 is 1.39 bits per heavy atom. The predicted octanol–water partition coefficient (Wildman–Crippen LogP) is 3.37. The molecule has 1 unspecified atom stereocenters. The Hall–Kier alpha value is -0.480. The summed E-state index contributed by atoms with van der Waals surface area (Å²) in [4.78, 5) is 0. The molecule has 0 aromatic carbocycles. The van der Waals surface area contributed by atoms with Crippen LogP contribution in [0.15, 0.2) is 5.03 Å². The predicted molar refractivity (Wildman–Crippen MR) is 80.1 cm³/mol. The van der Waals surface area contributed by atoms with Gasteiger partial charge < -0.3 is 5.32 Å². The molecule has 0 spiro atoms. The monoisotopic (exact) mass is 269 g/mol. The van der Waals surface area contributed by atoms with Gasteiger partial charge in [0.15, 0.2) is 0 Å². The van der Waals surface area contributed by atoms with E-state index in [1.165, 1.54) is 29.2 Å². The third-order valence-electron chi connectivity index (χ3n) is 3.22. The van der Waals surface area contributed by atoms with Crippen LogP contribution in [0.5, 0.6) is 0 Å². The highest BCUT2D eigenvalue weighted by Crippen LogP contribution is 2.27. The Balaban J connectivity index is 2.69. The summed E-state index contributed by atoms with van der Waals surface area (Å²) in [5.74, 6) is 1.94. The van der Waals surface area contributed by atoms with Crippen LogP contribution in [-0.2, 0) is 13.6 Å². The first-order valence-electron chi connectivity index (χ1n) is 6.96. The molecule has 0 aliphatic carbocycles. The summed E-state index contributed by atoms with van der Waals surface area (Å²) in [6, 6.07) is 0. The molecule has 1 aromatic heterocycles. The van der Waals surface area contributed by atoms with Crippen molar-refractivity contribution < 1.29 is 0 Å². The van der Waals surface area contributed by atoms with Gasteiger partial charge in [0.05, 0.1) is 10.7 Å². The van der Waals surface area contributed by atoms with Crippen molar-refractivity contribution >= 4 is 11.8 Å². The molecule has 0 saturated carbocycles. The third kappa shape index (κ3) is 4.32. The summed E-state index contributed by atoms with van der Waals surface area (Å²) in [5, 5.41) is 9.36. The molecule has 0 saturated heterocycles. The van der Waals surface area contributed by atoms with Crippen LogP contribution in [-0.4, -0.2) is 22.1 Å². The van der Waals surface area contributed by atoms with Gasteiger partial charge in [0.25, 0.3) is 0 Å². The van der Waals surface area contributed by atoms with E-state index in [1.54, 1.807) is 0 Å². The lowest BCUT2D eigenvalue weighted by molar-refractivity contribution is 0.629. The lowest BCUT2D eigenvalue weighted by Gasteiger charge is -2.10. The van der Waals surface area contributed by atoms with E-state index in [-0.39, 0.29) is 0 Å². The zero-order valence-corrected chi connectivity index (χ0v) is 13.2. The maximum atomic E-state index is 4.55. The summed E-state index contributed by atoms with van der Waals surface area (Å²) >= 11 is 1.95. The highest BCUT2D eigenvalue weighted by Gasteiger charge is 2.14. The molecule has 1 rings (SSSR count). The van der Waals surface area contributed by atoms with E-state index in [0.717, 1.165) is 24.7 Å². The molecule has 0 amide bonds. The van der Waals surface area contributed by atoms with Crippen molar-refractivity contribution in [3.05, 3.63) is 11.3 Å². The Kier molecular flexibility index (Phi) is 6.79. The lowest BCUT2D eigenvalue weighted by atomic mass is 10.2. The topological polar surface area (TPSA) is 29.9 Å². The Labute approximate surface area is 116 Å². The molecule has 1 atom stereocenters. The number of thioether (sulfide) groups is 1. The summed E-state index contributed by atoms with van der Waals surface area (Å²) < 4.78 is 2.03. The second-order valence-corrected chi connectivity index (χ2v) is 6.00. The summed E-state index contributed by atoms with van der Waals surface area (Å²) in [7, 11) is 2.05. The van der Waals surface area contributed by atoms with E-state index in [9.17, 15) is 0 Å². The van der Waals surface area contributed by atoms with E-state index in [1.807, 2.05) is 16.4 Å². The van der Waals surface area contributed by atoms with Crippen molar-refractivity contribution in [3.63, 3.8) is 0 Å². The maximum Gasteiger partial charge on any atom is 0.0984 e. The minimum Gasteiger partial charge on any atom is -0.313 e. The highest BCUT2D eigenvalue weighted by molar-refractivity contribution is 7.99. The molecule has 104 valence electrons. The van der Waals surface area contributed by atoms with Gasteiger partial charge in [-0.15, -0.1) is 11.8 Å². The zero-order chi connectivity index (χ0) is 13.5. The fraction of sp³-hybridized carbons (Fsp3) is 0.786. The van der Waals surface area contributed by atoms with Crippen LogP contribution in [0.3, 0.4) is 0 Å². The average molecular weight is 269 g/mol. The molecular formula is C14H27N3S. The van der Waals surface area contributed by atoms with Gasteiger partial charge in [-0.05, 0) is 25.8 Å². The van der Waals surface area contributed by atoms with Crippen LogP contribution in [0.25, 0.3) is 0 Å². The zero-order valence-electron chi connectivity index (χ0n) is 12.4. The number of nitrogens with zero attached hydrogens (tertiary/aromatic N) is 2. The lowest BCUT2D eigenvalue weighted by Crippen LogP contribution is -2.15. The van der Waals surface area contributed by atoms with Gasteiger partial charge >= 0.3 is 0 Å². The number of hydrogen-bond donors (Lipinski definition) is 1. The molecule has 1 heterocycles. The van der Waals surface area contributed by atoms with E-state index in [2.05, 4.69) is 45.2 Å². The first-order valence-corrected chi connectivity index (χ1v) is 7.94. The number of hydrogen-bond acceptors (Lipinski definition) is 3. The first-order chi connectivity index (χ1) is 8.60. The van der Waals surface area contributed by atoms with E-state index in [4.69, 9.17) is 0 Å². The van der Waals surface area contributed by atoms with Crippen LogP contribution >= 0.6 is 11.8 Å². The number of rotatable bonds is 8. The minimum absolute atomic E-state index is 0.765. The fourth-order valence-electron chi connectivity index (χ4n) is 1.79. The molecule has 0 aliphatic heterocycles. The molecule has 0 radical (unpaired) electrons. The molecule has 4 heteroatoms. The van der Waals surface area contributed by atoms with Crippen LogP contribution < -0.4 is 5.32 Å². The Bertz CT molecular complexity index is 360. The van der Waals surface area contributed by atoms with Gasteiger partial charge in [0.1, 0.15) is 0 Å². The van der Waals surface area contributed by atoms with Crippen molar-refractivity contribution in [1.82, 2.24) is 15.1 Å². The molecule has 1 N–H and O–H groups in total. The van der Waals surface area contributed by atoms with Crippen molar-refractivity contribution in [1.29, 1.82) is 0 Å². The second kappa shape index (κ2) is 7.85. The highest BCUT2D eigenvalue weighted by atomic mass is 32.2. The van der Waals surface area contributed by atoms with Crippen LogP contribution in [0.1, 0.15) is 44.9 Å². The molecule has 1 aromatic rings. The molecule has 0 fully saturated rings. The van der Waals surface area contributed by atoms with Gasteiger partial charge in [-0.2, -0.15) is 5.10 Å². The number of aryl methyl sites for hydroxylation is 2. The van der Waals surface area contributed by atoms with Crippen LogP contribution in [0.4, 0.5) is 0 Å². The third-order valence-corrected chi connectivity index (χ3v) is 4.74. The largest absolute Gasteiger partial charge is 0.313 e. The summed E-state index contributed by atoms with van der Waals surface area (Å²) in [6.07, 6.45) is 2.42. The van der Waals surface area contributed by atoms with E-state index < -0.39 is 0 Å². The number of nitrogens with one attached hydrogen (secondary N) is 1. The van der Waals surface area contributed by atoms with Crippen LogP contribution in [0.2, 0.25) is 0 Å². The Morgan fingerprint density at radius 3 is 2.72 bits per heavy atom. The van der Waals surface area contributed by atoms with Gasteiger partial charge in [-0.25, -0.2) is 0 Å². The number of aromatic nitrogens is 2. The normalized spacial score (nSPS) is 12.9. The first kappa shape index (κ1) is 15.6. The van der Waals surface area contributed by atoms with Crippen molar-refractivity contribution in [2.45, 2.75) is 52.1 Å². The standard InChI is InChI=1S/C14H27N3S/c1-6-8-15-9-13-12(4)16-17(5)14(13)18-10-11(3)7-2/h11,15H,6-10H2,1-5H3. The average Bonchev–Trinajstić information content (AvgIpc) is 2.61. The van der Waals surface area contributed by atoms with Crippen LogP contribution in [0, 0.1) is 12.8 Å². The molecule has 0 aliphatic rings. The molecule has 3 nitrogen and oxygen atoms in total. The quantitative estimate of drug-likeness (QED) is 0.580. The van der Waals surface area contributed by atoms with Gasteiger partial charge in [0, 0.05) is 24.9 Å².